The molecule has 1 saturated heterocycles. The minimum atomic E-state index is -2.97. The lowest BCUT2D eigenvalue weighted by molar-refractivity contribution is -0.132. The molecule has 5 nitrogen and oxygen atoms in total. The van der Waals surface area contributed by atoms with Crippen LogP contribution >= 0.6 is 0 Å². The Labute approximate surface area is 125 Å². The zero-order chi connectivity index (χ0) is 15.0. The second kappa shape index (κ2) is 5.33. The molecule has 1 aromatic rings. The van der Waals surface area contributed by atoms with Crippen LogP contribution in [0.1, 0.15) is 18.4 Å². The van der Waals surface area contributed by atoms with E-state index in [1.165, 1.54) is 5.56 Å². The molecule has 21 heavy (non-hydrogen) atoms. The highest BCUT2D eigenvalue weighted by molar-refractivity contribution is 7.91. The van der Waals surface area contributed by atoms with Crippen molar-refractivity contribution in [1.82, 2.24) is 4.90 Å². The number of fused-ring (bicyclic) bond motifs is 1. The molecule has 2 heterocycles. The lowest BCUT2D eigenvalue weighted by Gasteiger charge is -2.32. The summed E-state index contributed by atoms with van der Waals surface area (Å²) >= 11 is 0. The fourth-order valence-corrected chi connectivity index (χ4v) is 4.91. The van der Waals surface area contributed by atoms with Crippen LogP contribution in [0, 0.1) is 0 Å². The van der Waals surface area contributed by atoms with Gasteiger partial charge < -0.3 is 10.2 Å². The van der Waals surface area contributed by atoms with Crippen molar-refractivity contribution in [3.05, 3.63) is 29.8 Å². The first-order valence-corrected chi connectivity index (χ1v) is 9.10. The van der Waals surface area contributed by atoms with Gasteiger partial charge >= 0.3 is 0 Å². The summed E-state index contributed by atoms with van der Waals surface area (Å²) in [6.45, 7) is 0. The third-order valence-electron chi connectivity index (χ3n) is 4.45. The first-order valence-electron chi connectivity index (χ1n) is 7.28. The normalized spacial score (nSPS) is 26.7. The van der Waals surface area contributed by atoms with Crippen molar-refractivity contribution in [2.45, 2.75) is 31.3 Å². The van der Waals surface area contributed by atoms with Gasteiger partial charge in [0.1, 0.15) is 6.04 Å². The third kappa shape index (κ3) is 2.90. The second-order valence-electron chi connectivity index (χ2n) is 5.90. The molecule has 1 amide bonds. The maximum absolute atomic E-state index is 12.6. The number of carbonyl (C=O) groups excluding carboxylic acids is 1. The Morgan fingerprint density at radius 2 is 2.05 bits per heavy atom. The summed E-state index contributed by atoms with van der Waals surface area (Å²) in [5, 5.41) is 3.28. The number of hydrogen-bond donors (Lipinski definition) is 1. The predicted octanol–water partition coefficient (Wildman–Crippen LogP) is 1.06. The van der Waals surface area contributed by atoms with Crippen LogP contribution in [-0.2, 0) is 21.1 Å². The number of para-hydroxylation sites is 1. The van der Waals surface area contributed by atoms with E-state index in [2.05, 4.69) is 11.4 Å². The van der Waals surface area contributed by atoms with Gasteiger partial charge in [-0.25, -0.2) is 8.42 Å². The van der Waals surface area contributed by atoms with E-state index in [-0.39, 0.29) is 29.5 Å². The van der Waals surface area contributed by atoms with Crippen LogP contribution in [0.2, 0.25) is 0 Å². The lowest BCUT2D eigenvalue weighted by atomic mass is 9.97. The molecule has 2 unspecified atom stereocenters. The van der Waals surface area contributed by atoms with Crippen LogP contribution in [0.15, 0.2) is 24.3 Å². The molecule has 3 rings (SSSR count). The van der Waals surface area contributed by atoms with E-state index in [0.29, 0.717) is 6.42 Å². The molecule has 2 aliphatic heterocycles. The highest BCUT2D eigenvalue weighted by atomic mass is 32.2. The fourth-order valence-electron chi connectivity index (χ4n) is 3.13. The maximum atomic E-state index is 12.6. The smallest absolute Gasteiger partial charge is 0.245 e. The minimum absolute atomic E-state index is 0.00777. The fraction of sp³-hybridized carbons (Fsp3) is 0.533. The van der Waals surface area contributed by atoms with E-state index >= 15 is 0 Å². The monoisotopic (exact) mass is 308 g/mol. The van der Waals surface area contributed by atoms with Crippen LogP contribution in [0.4, 0.5) is 5.69 Å². The van der Waals surface area contributed by atoms with Gasteiger partial charge in [-0.05, 0) is 30.9 Å². The average molecular weight is 308 g/mol. The van der Waals surface area contributed by atoms with Gasteiger partial charge in [0.2, 0.25) is 5.91 Å². The summed E-state index contributed by atoms with van der Waals surface area (Å²) in [6.07, 6.45) is 2.17. The lowest BCUT2D eigenvalue weighted by Crippen LogP contribution is -2.47. The number of sulfone groups is 1. The van der Waals surface area contributed by atoms with Crippen molar-refractivity contribution in [2.75, 3.05) is 23.9 Å². The number of rotatable bonds is 2. The average Bonchev–Trinajstić information content (AvgIpc) is 2.85. The maximum Gasteiger partial charge on any atom is 0.245 e. The minimum Gasteiger partial charge on any atom is -0.373 e. The number of benzene rings is 1. The topological polar surface area (TPSA) is 66.5 Å². The second-order valence-corrected chi connectivity index (χ2v) is 8.13. The largest absolute Gasteiger partial charge is 0.373 e. The van der Waals surface area contributed by atoms with E-state index in [1.54, 1.807) is 11.9 Å². The van der Waals surface area contributed by atoms with Crippen LogP contribution in [-0.4, -0.2) is 49.9 Å². The van der Waals surface area contributed by atoms with Crippen molar-refractivity contribution >= 4 is 21.4 Å². The Kier molecular flexibility index (Phi) is 3.65. The molecule has 1 aromatic carbocycles. The molecular formula is C15H20N2O3S. The molecule has 0 radical (unpaired) electrons. The van der Waals surface area contributed by atoms with Crippen molar-refractivity contribution in [3.8, 4) is 0 Å². The number of anilines is 1. The molecule has 0 aliphatic carbocycles. The van der Waals surface area contributed by atoms with Crippen molar-refractivity contribution in [1.29, 1.82) is 0 Å². The van der Waals surface area contributed by atoms with Crippen molar-refractivity contribution < 1.29 is 13.2 Å². The Hall–Kier alpha value is -1.56. The van der Waals surface area contributed by atoms with Gasteiger partial charge in [0, 0.05) is 18.8 Å². The molecule has 0 saturated carbocycles. The standard InChI is InChI=1S/C15H20N2O3S/c1-17(12-8-9-21(19,20)10-12)15(18)14-7-6-11-4-2-3-5-13(11)16-14/h2-5,12,14,16H,6-10H2,1H3. The summed E-state index contributed by atoms with van der Waals surface area (Å²) in [6, 6.07) is 7.56. The van der Waals surface area contributed by atoms with Crippen LogP contribution in [0.3, 0.4) is 0 Å². The van der Waals surface area contributed by atoms with Gasteiger partial charge in [0.15, 0.2) is 9.84 Å². The molecule has 6 heteroatoms. The molecule has 114 valence electrons. The van der Waals surface area contributed by atoms with Gasteiger partial charge in [-0.15, -0.1) is 0 Å². The van der Waals surface area contributed by atoms with Crippen LogP contribution in [0.5, 0.6) is 0 Å². The van der Waals surface area contributed by atoms with E-state index in [9.17, 15) is 13.2 Å². The molecular weight excluding hydrogens is 288 g/mol. The van der Waals surface area contributed by atoms with E-state index in [0.717, 1.165) is 18.5 Å². The Bertz CT molecular complexity index is 657. The van der Waals surface area contributed by atoms with Crippen molar-refractivity contribution in [2.24, 2.45) is 0 Å². The Morgan fingerprint density at radius 1 is 1.29 bits per heavy atom. The summed E-state index contributed by atoms with van der Waals surface area (Å²) in [4.78, 5) is 14.2. The molecule has 0 bridgehead atoms. The number of amides is 1. The van der Waals surface area contributed by atoms with Gasteiger partial charge in [-0.3, -0.25) is 4.79 Å². The summed E-state index contributed by atoms with van der Waals surface area (Å²) < 4.78 is 23.1. The zero-order valence-electron chi connectivity index (χ0n) is 12.1. The number of nitrogens with one attached hydrogen (secondary N) is 1. The van der Waals surface area contributed by atoms with Crippen LogP contribution in [0.25, 0.3) is 0 Å². The number of carbonyl (C=O) groups is 1. The third-order valence-corrected chi connectivity index (χ3v) is 6.20. The number of hydrogen-bond acceptors (Lipinski definition) is 4. The first-order chi connectivity index (χ1) is 9.96. The van der Waals surface area contributed by atoms with Gasteiger partial charge in [-0.2, -0.15) is 0 Å². The van der Waals surface area contributed by atoms with Gasteiger partial charge in [-0.1, -0.05) is 18.2 Å². The Balaban J connectivity index is 1.69. The quantitative estimate of drug-likeness (QED) is 0.887. The predicted molar refractivity (Wildman–Crippen MR) is 82.0 cm³/mol. The number of nitrogens with zero attached hydrogens (tertiary/aromatic N) is 1. The van der Waals surface area contributed by atoms with Crippen molar-refractivity contribution in [3.63, 3.8) is 0 Å². The number of likely N-dealkylation sites (N-methyl/N-ethyl adjacent to an activating group) is 1. The SMILES string of the molecule is CN(C(=O)C1CCc2ccccc2N1)C1CCS(=O)(=O)C1. The zero-order valence-corrected chi connectivity index (χ0v) is 12.9. The van der Waals surface area contributed by atoms with E-state index in [4.69, 9.17) is 0 Å². The molecule has 1 fully saturated rings. The first kappa shape index (κ1) is 14.4. The highest BCUT2D eigenvalue weighted by Crippen LogP contribution is 2.26. The summed E-state index contributed by atoms with van der Waals surface area (Å²) in [7, 11) is -1.25. The molecule has 2 aliphatic rings. The summed E-state index contributed by atoms with van der Waals surface area (Å²) in [5.74, 6) is 0.279. The van der Waals surface area contributed by atoms with Gasteiger partial charge in [0.25, 0.3) is 0 Å². The molecule has 0 aromatic heterocycles. The molecule has 0 spiro atoms. The van der Waals surface area contributed by atoms with Gasteiger partial charge in [0.05, 0.1) is 11.5 Å². The van der Waals surface area contributed by atoms with E-state index < -0.39 is 9.84 Å². The molecule has 1 N–H and O–H groups in total. The summed E-state index contributed by atoms with van der Waals surface area (Å²) in [5.41, 5.74) is 2.24. The van der Waals surface area contributed by atoms with E-state index in [1.807, 2.05) is 18.2 Å². The van der Waals surface area contributed by atoms with Crippen LogP contribution < -0.4 is 5.32 Å². The highest BCUT2D eigenvalue weighted by Gasteiger charge is 2.35. The molecule has 2 atom stereocenters. The number of aryl methyl sites for hydroxylation is 1. The Morgan fingerprint density at radius 3 is 2.76 bits per heavy atom.